The fourth-order valence-corrected chi connectivity index (χ4v) is 4.50. The van der Waals surface area contributed by atoms with Crippen molar-refractivity contribution >= 4 is 57.1 Å². The maximum Gasteiger partial charge on any atom is 0.237 e. The van der Waals surface area contributed by atoms with Crippen molar-refractivity contribution in [2.45, 2.75) is 30.4 Å². The highest BCUT2D eigenvalue weighted by Crippen LogP contribution is 2.31. The van der Waals surface area contributed by atoms with Gasteiger partial charge in [0, 0.05) is 16.4 Å². The van der Waals surface area contributed by atoms with E-state index in [0.29, 0.717) is 10.2 Å². The lowest BCUT2D eigenvalue weighted by Gasteiger charge is -2.12. The SMILES string of the molecule is Cc1ccc(NC(=O)[C@H](C)Sc2nnc(Nc3cccc(Cl)c3)s2)c(C)c1. The number of aromatic nitrogens is 2. The van der Waals surface area contributed by atoms with Gasteiger partial charge in [0.1, 0.15) is 0 Å². The lowest BCUT2D eigenvalue weighted by molar-refractivity contribution is -0.115. The zero-order valence-corrected chi connectivity index (χ0v) is 17.5. The molecule has 0 aliphatic carbocycles. The van der Waals surface area contributed by atoms with Crippen molar-refractivity contribution in [2.75, 3.05) is 10.6 Å². The van der Waals surface area contributed by atoms with Crippen molar-refractivity contribution in [1.82, 2.24) is 10.2 Å². The molecule has 0 bridgehead atoms. The van der Waals surface area contributed by atoms with E-state index in [9.17, 15) is 4.79 Å². The molecule has 0 fully saturated rings. The van der Waals surface area contributed by atoms with Gasteiger partial charge in [-0.05, 0) is 50.6 Å². The van der Waals surface area contributed by atoms with Gasteiger partial charge in [-0.3, -0.25) is 4.79 Å². The van der Waals surface area contributed by atoms with Crippen LogP contribution in [0, 0.1) is 13.8 Å². The van der Waals surface area contributed by atoms with Crippen LogP contribution in [-0.2, 0) is 4.79 Å². The Kier molecular flexibility index (Phi) is 6.36. The predicted octanol–water partition coefficient (Wildman–Crippen LogP) is 5.67. The molecule has 1 amide bonds. The molecule has 1 heterocycles. The molecule has 2 aromatic carbocycles. The van der Waals surface area contributed by atoms with Gasteiger partial charge in [0.05, 0.1) is 5.25 Å². The minimum Gasteiger partial charge on any atom is -0.330 e. The molecule has 27 heavy (non-hydrogen) atoms. The number of anilines is 3. The maximum absolute atomic E-state index is 12.5. The minimum absolute atomic E-state index is 0.0634. The zero-order valence-electron chi connectivity index (χ0n) is 15.1. The number of nitrogens with one attached hydrogen (secondary N) is 2. The summed E-state index contributed by atoms with van der Waals surface area (Å²) in [6.07, 6.45) is 0. The molecule has 8 heteroatoms. The number of rotatable bonds is 6. The fourth-order valence-electron chi connectivity index (χ4n) is 2.39. The molecule has 0 saturated carbocycles. The van der Waals surface area contributed by atoms with Gasteiger partial charge < -0.3 is 10.6 Å². The maximum atomic E-state index is 12.5. The van der Waals surface area contributed by atoms with Crippen molar-refractivity contribution < 1.29 is 4.79 Å². The summed E-state index contributed by atoms with van der Waals surface area (Å²) in [7, 11) is 0. The second-order valence-corrected chi connectivity index (χ2v) is 9.08. The fraction of sp³-hybridized carbons (Fsp3) is 0.211. The normalized spacial score (nSPS) is 11.9. The van der Waals surface area contributed by atoms with E-state index < -0.39 is 0 Å². The third kappa shape index (κ3) is 5.45. The van der Waals surface area contributed by atoms with E-state index in [-0.39, 0.29) is 11.2 Å². The Morgan fingerprint density at radius 2 is 2.00 bits per heavy atom. The highest BCUT2D eigenvalue weighted by molar-refractivity contribution is 8.02. The van der Waals surface area contributed by atoms with Gasteiger partial charge in [0.15, 0.2) is 4.34 Å². The third-order valence-electron chi connectivity index (χ3n) is 3.77. The highest BCUT2D eigenvalue weighted by Gasteiger charge is 2.18. The van der Waals surface area contributed by atoms with Gasteiger partial charge >= 0.3 is 0 Å². The second kappa shape index (κ2) is 8.73. The molecule has 0 unspecified atom stereocenters. The number of carbonyl (C=O) groups excluding carboxylic acids is 1. The van der Waals surface area contributed by atoms with Crippen LogP contribution in [0.4, 0.5) is 16.5 Å². The van der Waals surface area contributed by atoms with Gasteiger partial charge in [-0.25, -0.2) is 0 Å². The molecule has 0 saturated heterocycles. The van der Waals surface area contributed by atoms with Gasteiger partial charge in [-0.1, -0.05) is 58.5 Å². The number of benzene rings is 2. The van der Waals surface area contributed by atoms with Crippen LogP contribution in [0.3, 0.4) is 0 Å². The number of halogens is 1. The summed E-state index contributed by atoms with van der Waals surface area (Å²) in [6, 6.07) is 13.4. The summed E-state index contributed by atoms with van der Waals surface area (Å²) >= 11 is 8.76. The zero-order chi connectivity index (χ0) is 19.4. The average molecular weight is 419 g/mol. The summed E-state index contributed by atoms with van der Waals surface area (Å²) in [5.41, 5.74) is 3.89. The van der Waals surface area contributed by atoms with E-state index in [0.717, 1.165) is 21.3 Å². The molecule has 0 aliphatic rings. The van der Waals surface area contributed by atoms with Crippen molar-refractivity contribution in [1.29, 1.82) is 0 Å². The number of hydrogen-bond donors (Lipinski definition) is 2. The summed E-state index contributed by atoms with van der Waals surface area (Å²) in [5.74, 6) is -0.0634. The highest BCUT2D eigenvalue weighted by atomic mass is 35.5. The topological polar surface area (TPSA) is 66.9 Å². The Labute approximate surface area is 171 Å². The Morgan fingerprint density at radius 1 is 1.19 bits per heavy atom. The van der Waals surface area contributed by atoms with Crippen LogP contribution in [0.15, 0.2) is 46.8 Å². The van der Waals surface area contributed by atoms with Crippen LogP contribution < -0.4 is 10.6 Å². The molecule has 3 rings (SSSR count). The molecule has 0 aliphatic heterocycles. The largest absolute Gasteiger partial charge is 0.330 e. The van der Waals surface area contributed by atoms with Crippen LogP contribution in [0.2, 0.25) is 5.02 Å². The van der Waals surface area contributed by atoms with Crippen molar-refractivity contribution in [3.63, 3.8) is 0 Å². The Bertz CT molecular complexity index is 960. The van der Waals surface area contributed by atoms with E-state index in [4.69, 9.17) is 11.6 Å². The van der Waals surface area contributed by atoms with Gasteiger partial charge in [-0.15, -0.1) is 10.2 Å². The number of thioether (sulfide) groups is 1. The van der Waals surface area contributed by atoms with E-state index >= 15 is 0 Å². The Hall–Kier alpha value is -2.09. The first-order chi connectivity index (χ1) is 12.9. The van der Waals surface area contributed by atoms with E-state index in [2.05, 4.69) is 20.8 Å². The van der Waals surface area contributed by atoms with E-state index in [1.807, 2.05) is 63.2 Å². The first-order valence-corrected chi connectivity index (χ1v) is 10.4. The van der Waals surface area contributed by atoms with Crippen LogP contribution in [-0.4, -0.2) is 21.4 Å². The lowest BCUT2D eigenvalue weighted by Crippen LogP contribution is -2.22. The summed E-state index contributed by atoms with van der Waals surface area (Å²) < 4.78 is 0.725. The number of carbonyl (C=O) groups is 1. The molecule has 1 atom stereocenters. The van der Waals surface area contributed by atoms with Crippen LogP contribution >= 0.6 is 34.7 Å². The smallest absolute Gasteiger partial charge is 0.237 e. The molecule has 1 aromatic heterocycles. The standard InChI is InChI=1S/C19H19ClN4OS2/c1-11-7-8-16(12(2)9-11)22-17(25)13(3)26-19-24-23-18(27-19)21-15-6-4-5-14(20)10-15/h4-10,13H,1-3H3,(H,21,23)(H,22,25)/t13-/m0/s1. The van der Waals surface area contributed by atoms with E-state index in [1.54, 1.807) is 0 Å². The van der Waals surface area contributed by atoms with Crippen LogP contribution in [0.5, 0.6) is 0 Å². The van der Waals surface area contributed by atoms with Gasteiger partial charge in [-0.2, -0.15) is 0 Å². The Morgan fingerprint density at radius 3 is 2.74 bits per heavy atom. The Balaban J connectivity index is 1.59. The molecule has 2 N–H and O–H groups in total. The third-order valence-corrected chi connectivity index (χ3v) is 6.03. The van der Waals surface area contributed by atoms with Crippen molar-refractivity contribution in [3.05, 3.63) is 58.6 Å². The molecule has 0 spiro atoms. The predicted molar refractivity (Wildman–Crippen MR) is 115 cm³/mol. The molecular weight excluding hydrogens is 400 g/mol. The van der Waals surface area contributed by atoms with Gasteiger partial charge in [0.2, 0.25) is 11.0 Å². The van der Waals surface area contributed by atoms with Crippen molar-refractivity contribution in [2.24, 2.45) is 0 Å². The number of amides is 1. The summed E-state index contributed by atoms with van der Waals surface area (Å²) in [5, 5.41) is 15.4. The van der Waals surface area contributed by atoms with Crippen molar-refractivity contribution in [3.8, 4) is 0 Å². The van der Waals surface area contributed by atoms with Gasteiger partial charge in [0.25, 0.3) is 0 Å². The average Bonchev–Trinajstić information content (AvgIpc) is 3.04. The molecular formula is C19H19ClN4OS2. The van der Waals surface area contributed by atoms with Crippen LogP contribution in [0.25, 0.3) is 0 Å². The lowest BCUT2D eigenvalue weighted by atomic mass is 10.1. The number of aryl methyl sites for hydroxylation is 2. The molecule has 3 aromatic rings. The number of hydrogen-bond acceptors (Lipinski definition) is 6. The second-order valence-electron chi connectivity index (χ2n) is 6.08. The molecule has 5 nitrogen and oxygen atoms in total. The first-order valence-electron chi connectivity index (χ1n) is 8.31. The molecule has 140 valence electrons. The van der Waals surface area contributed by atoms with E-state index in [1.165, 1.54) is 28.7 Å². The first kappa shape index (κ1) is 19.7. The number of nitrogens with zero attached hydrogens (tertiary/aromatic N) is 2. The minimum atomic E-state index is -0.294. The van der Waals surface area contributed by atoms with Crippen LogP contribution in [0.1, 0.15) is 18.1 Å². The summed E-state index contributed by atoms with van der Waals surface area (Å²) in [6.45, 7) is 5.87. The summed E-state index contributed by atoms with van der Waals surface area (Å²) in [4.78, 5) is 12.5. The quantitative estimate of drug-likeness (QED) is 0.504. The molecule has 0 radical (unpaired) electrons. The monoisotopic (exact) mass is 418 g/mol.